The van der Waals surface area contributed by atoms with Gasteiger partial charge in [0.15, 0.2) is 15.8 Å². The van der Waals surface area contributed by atoms with Gasteiger partial charge in [0.25, 0.3) is 0 Å². The summed E-state index contributed by atoms with van der Waals surface area (Å²) in [5, 5.41) is 11.2. The van der Waals surface area contributed by atoms with E-state index in [1.165, 1.54) is 17.5 Å². The van der Waals surface area contributed by atoms with Crippen LogP contribution in [0, 0.1) is 13.8 Å². The number of guanidine groups is 1. The second-order valence-corrected chi connectivity index (χ2v) is 9.20. The van der Waals surface area contributed by atoms with E-state index in [-0.39, 0.29) is 30.0 Å². The molecule has 1 unspecified atom stereocenters. The fourth-order valence-electron chi connectivity index (χ4n) is 3.13. The summed E-state index contributed by atoms with van der Waals surface area (Å²) in [6.45, 7) is 6.96. The lowest BCUT2D eigenvalue weighted by molar-refractivity contribution is 0.602. The molecule has 2 aromatic rings. The molecule has 0 fully saturated rings. The molecule has 29 heavy (non-hydrogen) atoms. The number of nitrogens with one attached hydrogen (secondary N) is 2. The quantitative estimate of drug-likeness (QED) is 0.324. The minimum absolute atomic E-state index is 0. The third-order valence-electron chi connectivity index (χ3n) is 4.83. The summed E-state index contributed by atoms with van der Waals surface area (Å²) in [6.07, 6.45) is 2.87. The van der Waals surface area contributed by atoms with Gasteiger partial charge in [-0.2, -0.15) is 5.10 Å². The van der Waals surface area contributed by atoms with Gasteiger partial charge < -0.3 is 10.6 Å². The molecule has 1 aromatic carbocycles. The summed E-state index contributed by atoms with van der Waals surface area (Å²) in [5.74, 6) is 0.749. The van der Waals surface area contributed by atoms with Gasteiger partial charge in [0, 0.05) is 38.6 Å². The summed E-state index contributed by atoms with van der Waals surface area (Å²) in [5.41, 5.74) is 4.59. The molecule has 7 nitrogen and oxygen atoms in total. The molecule has 2 N–H and O–H groups in total. The molecular formula is C20H32IN5O2S. The van der Waals surface area contributed by atoms with Crippen LogP contribution in [0.2, 0.25) is 0 Å². The van der Waals surface area contributed by atoms with Crippen molar-refractivity contribution in [3.63, 3.8) is 0 Å². The number of hydrogen-bond acceptors (Lipinski definition) is 4. The summed E-state index contributed by atoms with van der Waals surface area (Å²) in [6, 6.07) is 7.22. The maximum atomic E-state index is 11.5. The lowest BCUT2D eigenvalue weighted by Gasteiger charge is -2.18. The molecule has 0 saturated heterocycles. The van der Waals surface area contributed by atoms with E-state index >= 15 is 0 Å². The Balaban J connectivity index is 0.00000420. The highest BCUT2D eigenvalue weighted by molar-refractivity contribution is 14.0. The zero-order valence-electron chi connectivity index (χ0n) is 18.0. The lowest BCUT2D eigenvalue weighted by Crippen LogP contribution is -2.43. The van der Waals surface area contributed by atoms with Gasteiger partial charge in [-0.05, 0) is 56.9 Å². The highest BCUT2D eigenvalue weighted by Crippen LogP contribution is 2.14. The number of halogens is 1. The van der Waals surface area contributed by atoms with Crippen LogP contribution in [0.4, 0.5) is 0 Å². The molecular weight excluding hydrogens is 501 g/mol. The maximum Gasteiger partial charge on any atom is 0.191 e. The Kier molecular flexibility index (Phi) is 9.60. The molecule has 0 saturated carbocycles. The fourth-order valence-corrected chi connectivity index (χ4v) is 3.76. The van der Waals surface area contributed by atoms with Crippen molar-refractivity contribution in [2.24, 2.45) is 12.0 Å². The SMILES string of the molecule is CN=C(NCCc1ccc(S(C)(=O)=O)cc1)NC(C)Cc1c(C)nn(C)c1C.I. The molecule has 1 atom stereocenters. The monoisotopic (exact) mass is 533 g/mol. The van der Waals surface area contributed by atoms with Crippen LogP contribution < -0.4 is 10.6 Å². The van der Waals surface area contributed by atoms with Gasteiger partial charge in [0.1, 0.15) is 0 Å². The molecule has 1 aromatic heterocycles. The van der Waals surface area contributed by atoms with E-state index in [2.05, 4.69) is 34.6 Å². The zero-order chi connectivity index (χ0) is 20.9. The first-order valence-electron chi connectivity index (χ1n) is 9.37. The lowest BCUT2D eigenvalue weighted by atomic mass is 10.1. The van der Waals surface area contributed by atoms with E-state index < -0.39 is 9.84 Å². The van der Waals surface area contributed by atoms with Crippen LogP contribution in [0.3, 0.4) is 0 Å². The van der Waals surface area contributed by atoms with Crippen molar-refractivity contribution in [3.8, 4) is 0 Å². The first-order chi connectivity index (χ1) is 13.1. The van der Waals surface area contributed by atoms with Crippen molar-refractivity contribution < 1.29 is 8.42 Å². The average molecular weight is 533 g/mol. The van der Waals surface area contributed by atoms with Crippen LogP contribution in [0.5, 0.6) is 0 Å². The van der Waals surface area contributed by atoms with Crippen LogP contribution >= 0.6 is 24.0 Å². The van der Waals surface area contributed by atoms with Gasteiger partial charge in [-0.3, -0.25) is 9.67 Å². The molecule has 0 amide bonds. The van der Waals surface area contributed by atoms with Gasteiger partial charge in [-0.1, -0.05) is 12.1 Å². The van der Waals surface area contributed by atoms with Crippen molar-refractivity contribution in [1.29, 1.82) is 0 Å². The van der Waals surface area contributed by atoms with Crippen LogP contribution in [-0.4, -0.2) is 50.0 Å². The van der Waals surface area contributed by atoms with Crippen LogP contribution in [0.25, 0.3) is 0 Å². The number of sulfone groups is 1. The van der Waals surface area contributed by atoms with Crippen LogP contribution in [0.1, 0.15) is 29.4 Å². The highest BCUT2D eigenvalue weighted by Gasteiger charge is 2.14. The first kappa shape index (κ1) is 25.4. The molecule has 0 radical (unpaired) electrons. The standard InChI is InChI=1S/C20H31N5O2S.HI/c1-14(13-19-15(2)24-25(5)16(19)3)23-20(21-4)22-12-11-17-7-9-18(10-8-17)28(6,26)27;/h7-10,14H,11-13H2,1-6H3,(H2,21,22,23);1H. The van der Waals surface area contributed by atoms with Crippen molar-refractivity contribution in [1.82, 2.24) is 20.4 Å². The Bertz CT molecular complexity index is 937. The first-order valence-corrected chi connectivity index (χ1v) is 11.3. The normalized spacial score (nSPS) is 13.0. The summed E-state index contributed by atoms with van der Waals surface area (Å²) in [4.78, 5) is 4.64. The number of aliphatic imine (C=N–C) groups is 1. The second kappa shape index (κ2) is 11.0. The Morgan fingerprint density at radius 2 is 1.86 bits per heavy atom. The van der Waals surface area contributed by atoms with Crippen LogP contribution in [-0.2, 0) is 29.7 Å². The number of benzene rings is 1. The number of rotatable bonds is 7. The molecule has 9 heteroatoms. The molecule has 0 aliphatic carbocycles. The van der Waals surface area contributed by atoms with E-state index in [0.29, 0.717) is 11.4 Å². The van der Waals surface area contributed by atoms with Crippen LogP contribution in [0.15, 0.2) is 34.2 Å². The predicted molar refractivity (Wildman–Crippen MR) is 129 cm³/mol. The Labute approximate surface area is 191 Å². The van der Waals surface area contributed by atoms with E-state index in [4.69, 9.17) is 0 Å². The number of hydrogen-bond donors (Lipinski definition) is 2. The predicted octanol–water partition coefficient (Wildman–Crippen LogP) is 2.40. The van der Waals surface area contributed by atoms with Gasteiger partial charge >= 0.3 is 0 Å². The summed E-state index contributed by atoms with van der Waals surface area (Å²) in [7, 11) is 0.566. The Hall–Kier alpha value is -1.62. The van der Waals surface area contributed by atoms with Crippen molar-refractivity contribution >= 4 is 39.8 Å². The largest absolute Gasteiger partial charge is 0.356 e. The smallest absolute Gasteiger partial charge is 0.191 e. The molecule has 0 spiro atoms. The highest BCUT2D eigenvalue weighted by atomic mass is 127. The zero-order valence-corrected chi connectivity index (χ0v) is 21.1. The van der Waals surface area contributed by atoms with Crippen molar-refractivity contribution in [3.05, 3.63) is 46.8 Å². The Morgan fingerprint density at radius 3 is 2.34 bits per heavy atom. The van der Waals surface area contributed by atoms with E-state index in [1.54, 1.807) is 19.2 Å². The van der Waals surface area contributed by atoms with Gasteiger partial charge in [-0.25, -0.2) is 8.42 Å². The van der Waals surface area contributed by atoms with E-state index in [9.17, 15) is 8.42 Å². The van der Waals surface area contributed by atoms with Gasteiger partial charge in [0.05, 0.1) is 10.6 Å². The van der Waals surface area contributed by atoms with Crippen molar-refractivity contribution in [2.45, 2.75) is 44.6 Å². The fraction of sp³-hybridized carbons (Fsp3) is 0.500. The maximum absolute atomic E-state index is 11.5. The average Bonchev–Trinajstić information content (AvgIpc) is 2.86. The van der Waals surface area contributed by atoms with Crippen molar-refractivity contribution in [2.75, 3.05) is 19.8 Å². The molecule has 0 aliphatic rings. The molecule has 0 aliphatic heterocycles. The van der Waals surface area contributed by atoms with Gasteiger partial charge in [0.2, 0.25) is 0 Å². The number of aromatic nitrogens is 2. The molecule has 1 heterocycles. The minimum Gasteiger partial charge on any atom is -0.356 e. The number of nitrogens with zero attached hydrogens (tertiary/aromatic N) is 3. The topological polar surface area (TPSA) is 88.4 Å². The number of aryl methyl sites for hydroxylation is 2. The summed E-state index contributed by atoms with van der Waals surface area (Å²) >= 11 is 0. The molecule has 162 valence electrons. The van der Waals surface area contributed by atoms with E-state index in [0.717, 1.165) is 30.1 Å². The second-order valence-electron chi connectivity index (χ2n) is 7.19. The third kappa shape index (κ3) is 7.29. The minimum atomic E-state index is -3.15. The Morgan fingerprint density at radius 1 is 1.24 bits per heavy atom. The molecule has 2 rings (SSSR count). The van der Waals surface area contributed by atoms with E-state index in [1.807, 2.05) is 30.8 Å². The van der Waals surface area contributed by atoms with Gasteiger partial charge in [-0.15, -0.1) is 24.0 Å². The third-order valence-corrected chi connectivity index (χ3v) is 5.96. The summed E-state index contributed by atoms with van der Waals surface area (Å²) < 4.78 is 25.0. The molecule has 0 bridgehead atoms.